The zero-order valence-corrected chi connectivity index (χ0v) is 7.80. The number of para-hydroxylation sites is 1. The second-order valence-corrected chi connectivity index (χ2v) is 3.02. The highest BCUT2D eigenvalue weighted by Crippen LogP contribution is 2.13. The molecule has 12 heavy (non-hydrogen) atoms. The highest BCUT2D eigenvalue weighted by Gasteiger charge is 1.99. The van der Waals surface area contributed by atoms with Gasteiger partial charge >= 0.3 is 0 Å². The molecule has 1 radical (unpaired) electrons. The van der Waals surface area contributed by atoms with Gasteiger partial charge in [0, 0.05) is 5.69 Å². The Balaban J connectivity index is 2.41. The quantitative estimate of drug-likeness (QED) is 0.715. The first-order valence-electron chi connectivity index (χ1n) is 4.47. The van der Waals surface area contributed by atoms with E-state index in [9.17, 15) is 0 Å². The molecular weight excluding hydrogens is 146 g/mol. The summed E-state index contributed by atoms with van der Waals surface area (Å²) in [4.78, 5) is 0. The van der Waals surface area contributed by atoms with Crippen LogP contribution in [0, 0.1) is 6.04 Å². The monoisotopic (exact) mass is 162 g/mol. The predicted octanol–water partition coefficient (Wildman–Crippen LogP) is 3.45. The Kier molecular flexibility index (Phi) is 3.65. The Labute approximate surface area is 74.8 Å². The first kappa shape index (κ1) is 9.11. The van der Waals surface area contributed by atoms with E-state index in [0.717, 1.165) is 6.42 Å². The summed E-state index contributed by atoms with van der Waals surface area (Å²) in [5.41, 5.74) is 1.18. The van der Waals surface area contributed by atoms with E-state index in [0.29, 0.717) is 0 Å². The Morgan fingerprint density at radius 2 is 1.92 bits per heavy atom. The molecule has 0 atom stereocenters. The van der Waals surface area contributed by atoms with E-state index >= 15 is 0 Å². The molecular formula is C11H16N. The van der Waals surface area contributed by atoms with E-state index in [-0.39, 0.29) is 0 Å². The van der Waals surface area contributed by atoms with Gasteiger partial charge in [0.1, 0.15) is 0 Å². The van der Waals surface area contributed by atoms with Crippen molar-refractivity contribution >= 4 is 5.69 Å². The molecule has 0 aromatic heterocycles. The first-order chi connectivity index (χ1) is 5.83. The van der Waals surface area contributed by atoms with Crippen LogP contribution in [0.4, 0.5) is 5.69 Å². The molecule has 1 aromatic carbocycles. The third kappa shape index (κ3) is 2.95. The van der Waals surface area contributed by atoms with Gasteiger partial charge in [0.2, 0.25) is 0 Å². The molecule has 1 N–H and O–H groups in total. The highest BCUT2D eigenvalue weighted by molar-refractivity contribution is 5.45. The van der Waals surface area contributed by atoms with Crippen molar-refractivity contribution in [1.82, 2.24) is 0 Å². The van der Waals surface area contributed by atoms with Crippen LogP contribution in [-0.2, 0) is 0 Å². The van der Waals surface area contributed by atoms with E-state index in [1.807, 2.05) is 18.2 Å². The van der Waals surface area contributed by atoms with Crippen molar-refractivity contribution in [2.75, 3.05) is 5.32 Å². The van der Waals surface area contributed by atoms with Crippen LogP contribution in [-0.4, -0.2) is 0 Å². The minimum absolute atomic E-state index is 1.15. The van der Waals surface area contributed by atoms with Gasteiger partial charge in [-0.05, 0) is 25.5 Å². The molecule has 0 heterocycles. The molecule has 0 amide bonds. The van der Waals surface area contributed by atoms with Crippen molar-refractivity contribution in [1.29, 1.82) is 0 Å². The van der Waals surface area contributed by atoms with E-state index in [1.54, 1.807) is 0 Å². The third-order valence-corrected chi connectivity index (χ3v) is 1.76. The first-order valence-corrected chi connectivity index (χ1v) is 4.47. The normalized spacial score (nSPS) is 10.2. The van der Waals surface area contributed by atoms with Gasteiger partial charge in [0.15, 0.2) is 0 Å². The SMILES string of the molecule is CCC[C](C)Nc1ccccc1. The molecule has 0 unspecified atom stereocenters. The fourth-order valence-electron chi connectivity index (χ4n) is 1.21. The summed E-state index contributed by atoms with van der Waals surface area (Å²) in [6.45, 7) is 4.33. The van der Waals surface area contributed by atoms with Crippen molar-refractivity contribution in [3.63, 3.8) is 0 Å². The molecule has 1 aromatic rings. The molecule has 1 rings (SSSR count). The lowest BCUT2D eigenvalue weighted by Gasteiger charge is -2.12. The summed E-state index contributed by atoms with van der Waals surface area (Å²) >= 11 is 0. The molecule has 0 aliphatic rings. The molecule has 0 aliphatic heterocycles. The zero-order chi connectivity index (χ0) is 8.81. The maximum Gasteiger partial charge on any atom is 0.0571 e. The maximum atomic E-state index is 3.36. The van der Waals surface area contributed by atoms with Gasteiger partial charge < -0.3 is 5.32 Å². The summed E-state index contributed by atoms with van der Waals surface area (Å²) in [6.07, 6.45) is 2.35. The molecule has 65 valence electrons. The van der Waals surface area contributed by atoms with Crippen molar-refractivity contribution in [2.45, 2.75) is 26.7 Å². The van der Waals surface area contributed by atoms with Gasteiger partial charge in [-0.1, -0.05) is 31.5 Å². The average molecular weight is 162 g/mol. The molecule has 1 nitrogen and oxygen atoms in total. The summed E-state index contributed by atoms with van der Waals surface area (Å²) in [7, 11) is 0. The molecule has 0 aliphatic carbocycles. The minimum atomic E-state index is 1.15. The lowest BCUT2D eigenvalue weighted by Crippen LogP contribution is -2.04. The van der Waals surface area contributed by atoms with Crippen LogP contribution in [0.2, 0.25) is 0 Å². The van der Waals surface area contributed by atoms with Crippen molar-refractivity contribution in [2.24, 2.45) is 0 Å². The van der Waals surface area contributed by atoms with Crippen LogP contribution in [0.15, 0.2) is 30.3 Å². The lowest BCUT2D eigenvalue weighted by molar-refractivity contribution is 0.815. The van der Waals surface area contributed by atoms with Crippen LogP contribution in [0.25, 0.3) is 0 Å². The lowest BCUT2D eigenvalue weighted by atomic mass is 10.2. The summed E-state index contributed by atoms with van der Waals surface area (Å²) in [5, 5.41) is 3.36. The predicted molar refractivity (Wildman–Crippen MR) is 53.9 cm³/mol. The Morgan fingerprint density at radius 3 is 2.50 bits per heavy atom. The van der Waals surface area contributed by atoms with Crippen LogP contribution in [0.5, 0.6) is 0 Å². The summed E-state index contributed by atoms with van der Waals surface area (Å²) in [5.74, 6) is 0. The van der Waals surface area contributed by atoms with Crippen molar-refractivity contribution < 1.29 is 0 Å². The second-order valence-electron chi connectivity index (χ2n) is 3.02. The van der Waals surface area contributed by atoms with Crippen molar-refractivity contribution in [3.05, 3.63) is 36.4 Å². The molecule has 0 saturated carbocycles. The molecule has 1 heteroatoms. The van der Waals surface area contributed by atoms with Crippen LogP contribution in [0.1, 0.15) is 26.7 Å². The number of rotatable bonds is 4. The van der Waals surface area contributed by atoms with Gasteiger partial charge in [0.05, 0.1) is 6.04 Å². The van der Waals surface area contributed by atoms with Gasteiger partial charge in [0.25, 0.3) is 0 Å². The van der Waals surface area contributed by atoms with E-state index in [2.05, 4.69) is 31.3 Å². The van der Waals surface area contributed by atoms with Gasteiger partial charge in [-0.25, -0.2) is 0 Å². The number of hydrogen-bond donors (Lipinski definition) is 1. The highest BCUT2D eigenvalue weighted by atomic mass is 14.9. The Morgan fingerprint density at radius 1 is 1.25 bits per heavy atom. The average Bonchev–Trinajstić information content (AvgIpc) is 2.06. The van der Waals surface area contributed by atoms with E-state index in [1.165, 1.54) is 18.2 Å². The molecule has 0 saturated heterocycles. The van der Waals surface area contributed by atoms with Gasteiger partial charge in [-0.2, -0.15) is 0 Å². The smallest absolute Gasteiger partial charge is 0.0571 e. The number of hydrogen-bond acceptors (Lipinski definition) is 1. The Hall–Kier alpha value is -0.980. The van der Waals surface area contributed by atoms with Crippen LogP contribution in [0.3, 0.4) is 0 Å². The Bertz CT molecular complexity index is 206. The topological polar surface area (TPSA) is 12.0 Å². The summed E-state index contributed by atoms with van der Waals surface area (Å²) in [6, 6.07) is 11.6. The van der Waals surface area contributed by atoms with E-state index in [4.69, 9.17) is 0 Å². The largest absolute Gasteiger partial charge is 0.378 e. The van der Waals surface area contributed by atoms with Gasteiger partial charge in [-0.3, -0.25) is 0 Å². The number of anilines is 1. The maximum absolute atomic E-state index is 3.36. The fraction of sp³-hybridized carbons (Fsp3) is 0.364. The third-order valence-electron chi connectivity index (χ3n) is 1.76. The minimum Gasteiger partial charge on any atom is -0.378 e. The fourth-order valence-corrected chi connectivity index (χ4v) is 1.21. The standard InChI is InChI=1S/C11H16N/c1-3-7-10(2)12-11-8-5-4-6-9-11/h4-6,8-9,12H,3,7H2,1-2H3. The van der Waals surface area contributed by atoms with Gasteiger partial charge in [-0.15, -0.1) is 0 Å². The number of nitrogens with one attached hydrogen (secondary N) is 1. The second kappa shape index (κ2) is 4.81. The van der Waals surface area contributed by atoms with Crippen molar-refractivity contribution in [3.8, 4) is 0 Å². The molecule has 0 bridgehead atoms. The zero-order valence-electron chi connectivity index (χ0n) is 7.80. The van der Waals surface area contributed by atoms with Crippen LogP contribution < -0.4 is 5.32 Å². The summed E-state index contributed by atoms with van der Waals surface area (Å²) < 4.78 is 0. The molecule has 0 spiro atoms. The van der Waals surface area contributed by atoms with E-state index < -0.39 is 0 Å². The van der Waals surface area contributed by atoms with Crippen LogP contribution >= 0.6 is 0 Å². The number of benzene rings is 1. The molecule has 0 fully saturated rings.